The molecule has 358 valence electrons. The number of carbonyl (C=O) groups is 4. The number of hydrogen-bond acceptors (Lipinski definition) is 13. The summed E-state index contributed by atoms with van der Waals surface area (Å²) < 4.78 is 13.7. The first-order valence-corrected chi connectivity index (χ1v) is 24.1. The third-order valence-electron chi connectivity index (χ3n) is 14.8. The smallest absolute Gasteiger partial charge is 0.278 e. The van der Waals surface area contributed by atoms with Gasteiger partial charge in [0.2, 0.25) is 11.8 Å². The van der Waals surface area contributed by atoms with Crippen LogP contribution >= 0.6 is 11.6 Å². The molecule has 4 saturated heterocycles. The third-order valence-corrected chi connectivity index (χ3v) is 15.1. The first-order valence-electron chi connectivity index (χ1n) is 23.7. The van der Waals surface area contributed by atoms with Crippen LogP contribution in [0.2, 0.25) is 5.02 Å². The van der Waals surface area contributed by atoms with Crippen molar-refractivity contribution in [1.29, 1.82) is 5.26 Å². The number of imide groups is 1. The molecule has 1 aromatic heterocycles. The number of nitrogens with one attached hydrogen (secondary N) is 2. The number of benzene rings is 3. The number of rotatable bonds is 13. The van der Waals surface area contributed by atoms with Gasteiger partial charge in [-0.15, -0.1) is 5.10 Å². The van der Waals surface area contributed by atoms with E-state index in [1.165, 1.54) is 0 Å². The zero-order chi connectivity index (χ0) is 47.9. The van der Waals surface area contributed by atoms with Gasteiger partial charge < -0.3 is 29.5 Å². The van der Waals surface area contributed by atoms with Crippen LogP contribution in [0.3, 0.4) is 0 Å². The van der Waals surface area contributed by atoms with E-state index in [4.69, 9.17) is 21.1 Å². The van der Waals surface area contributed by atoms with Crippen molar-refractivity contribution in [3.05, 3.63) is 87.2 Å². The first-order chi connectivity index (χ1) is 32.6. The molecule has 2 N–H and O–H groups in total. The average Bonchev–Trinajstić information content (AvgIpc) is 3.31. The third kappa shape index (κ3) is 9.38. The molecule has 5 aliphatic rings. The van der Waals surface area contributed by atoms with E-state index in [2.05, 4.69) is 69.4 Å². The second-order valence-electron chi connectivity index (χ2n) is 20.0. The highest BCUT2D eigenvalue weighted by Crippen LogP contribution is 2.55. The Labute approximate surface area is 400 Å². The lowest BCUT2D eigenvalue weighted by atomic mass is 9.49. The number of carbonyl (C=O) groups excluding carboxylic acids is 4. The predicted octanol–water partition coefficient (Wildman–Crippen LogP) is 4.56. The molecule has 0 radical (unpaired) electrons. The molecule has 18 heteroatoms. The zero-order valence-corrected chi connectivity index (χ0v) is 39.8. The van der Waals surface area contributed by atoms with Gasteiger partial charge in [0.15, 0.2) is 0 Å². The summed E-state index contributed by atoms with van der Waals surface area (Å²) in [6, 6.07) is 19.4. The second kappa shape index (κ2) is 19.1. The van der Waals surface area contributed by atoms with Gasteiger partial charge in [-0.05, 0) is 80.3 Å². The molecule has 0 spiro atoms. The van der Waals surface area contributed by atoms with Gasteiger partial charge in [-0.2, -0.15) is 9.94 Å². The van der Waals surface area contributed by atoms with Gasteiger partial charge in [-0.1, -0.05) is 44.5 Å². The molecule has 4 amide bonds. The van der Waals surface area contributed by atoms with E-state index in [-0.39, 0.29) is 65.6 Å². The Bertz CT molecular complexity index is 2670. The number of amides is 4. The van der Waals surface area contributed by atoms with E-state index in [1.54, 1.807) is 30.3 Å². The summed E-state index contributed by atoms with van der Waals surface area (Å²) in [7, 11) is 0. The summed E-state index contributed by atoms with van der Waals surface area (Å²) in [5.41, 5.74) is 2.19. The van der Waals surface area contributed by atoms with Crippen molar-refractivity contribution >= 4 is 57.5 Å². The van der Waals surface area contributed by atoms with Crippen molar-refractivity contribution in [3.8, 4) is 11.8 Å². The Kier molecular flexibility index (Phi) is 13.2. The quantitative estimate of drug-likeness (QED) is 0.140. The largest absolute Gasteiger partial charge is 0.489 e. The molecule has 17 nitrogen and oxygen atoms in total. The second-order valence-corrected chi connectivity index (χ2v) is 20.4. The summed E-state index contributed by atoms with van der Waals surface area (Å²) >= 11 is 6.26. The van der Waals surface area contributed by atoms with Gasteiger partial charge in [-0.3, -0.25) is 34.2 Å². The van der Waals surface area contributed by atoms with Crippen LogP contribution in [0.5, 0.6) is 5.75 Å². The molecule has 9 rings (SSSR count). The Morgan fingerprint density at radius 1 is 0.882 bits per heavy atom. The van der Waals surface area contributed by atoms with Crippen molar-refractivity contribution in [2.45, 2.75) is 84.1 Å². The number of ether oxygens (including phenoxy) is 2. The normalized spacial score (nSPS) is 23.1. The maximum atomic E-state index is 13.5. The van der Waals surface area contributed by atoms with E-state index in [0.29, 0.717) is 65.6 Å². The molecule has 5 heterocycles. The number of likely N-dealkylation sites (tertiary alicyclic amines) is 1. The summed E-state index contributed by atoms with van der Waals surface area (Å²) in [5, 5.41) is 23.6. The number of nitrogens with zero attached hydrogens (tertiary/aromatic N) is 8. The van der Waals surface area contributed by atoms with Crippen LogP contribution in [0.4, 0.5) is 11.4 Å². The number of halogens is 1. The topological polar surface area (TPSA) is 195 Å². The Balaban J connectivity index is 0.657. The minimum absolute atomic E-state index is 0.113. The van der Waals surface area contributed by atoms with Crippen molar-refractivity contribution in [3.63, 3.8) is 0 Å². The van der Waals surface area contributed by atoms with E-state index in [1.807, 2.05) is 35.2 Å². The van der Waals surface area contributed by atoms with Gasteiger partial charge in [0.1, 0.15) is 29.5 Å². The van der Waals surface area contributed by atoms with Crippen LogP contribution in [-0.4, -0.2) is 132 Å². The number of aromatic nitrogens is 3. The number of piperidine rings is 2. The molecule has 4 aromatic rings. The van der Waals surface area contributed by atoms with Crippen LogP contribution in [0.15, 0.2) is 65.5 Å². The molecule has 3 aromatic carbocycles. The lowest BCUT2D eigenvalue weighted by Gasteiger charge is -2.63. The van der Waals surface area contributed by atoms with Gasteiger partial charge in [0.05, 0.1) is 28.0 Å². The van der Waals surface area contributed by atoms with Crippen LogP contribution in [-0.2, 0) is 19.1 Å². The van der Waals surface area contributed by atoms with Crippen LogP contribution < -0.4 is 30.7 Å². The van der Waals surface area contributed by atoms with Crippen molar-refractivity contribution in [1.82, 2.24) is 35.4 Å². The zero-order valence-electron chi connectivity index (χ0n) is 39.1. The maximum absolute atomic E-state index is 13.5. The molecular formula is C50H59ClN10O7. The van der Waals surface area contributed by atoms with E-state index < -0.39 is 17.5 Å². The molecule has 1 saturated carbocycles. The van der Waals surface area contributed by atoms with Crippen molar-refractivity contribution in [2.24, 2.45) is 16.7 Å². The number of nitriles is 1. The van der Waals surface area contributed by atoms with Crippen LogP contribution in [0, 0.1) is 28.1 Å². The number of piperazine rings is 1. The molecule has 1 aliphatic carbocycles. The molecule has 1 atom stereocenters. The van der Waals surface area contributed by atoms with E-state index >= 15 is 0 Å². The fourth-order valence-corrected chi connectivity index (χ4v) is 11.3. The summed E-state index contributed by atoms with van der Waals surface area (Å²) in [6.45, 7) is 16.2. The predicted molar refractivity (Wildman–Crippen MR) is 256 cm³/mol. The SMILES string of the molecule is CC1(C)C(NC(=O)c2ccc(N3CCN(CCCOC4CCN(C(=O)C5CN(c6ccc7nnn(C8CCC(=O)NC8=O)c(=O)c7c6)C5)CC4)CC3)cc2)C(C)(C)C1Oc1ccc(C#N)c(Cl)c1. The average molecular weight is 948 g/mol. The molecule has 5 fully saturated rings. The Hall–Kier alpha value is -6.09. The van der Waals surface area contributed by atoms with Crippen LogP contribution in [0.1, 0.15) is 81.8 Å². The number of fused-ring (bicyclic) bond motifs is 1. The summed E-state index contributed by atoms with van der Waals surface area (Å²) in [6.07, 6.45) is 2.85. The highest BCUT2D eigenvalue weighted by atomic mass is 35.5. The Morgan fingerprint density at radius 3 is 2.26 bits per heavy atom. The van der Waals surface area contributed by atoms with Gasteiger partial charge >= 0.3 is 0 Å². The van der Waals surface area contributed by atoms with Crippen molar-refractivity contribution in [2.75, 3.05) is 75.3 Å². The fraction of sp³-hybridized carbons (Fsp3) is 0.520. The molecule has 4 aliphatic heterocycles. The van der Waals surface area contributed by atoms with E-state index in [0.717, 1.165) is 68.0 Å². The highest BCUT2D eigenvalue weighted by Gasteiger charge is 2.64. The highest BCUT2D eigenvalue weighted by molar-refractivity contribution is 6.31. The molecule has 1 unspecified atom stereocenters. The minimum Gasteiger partial charge on any atom is -0.489 e. The Morgan fingerprint density at radius 2 is 1.59 bits per heavy atom. The fourth-order valence-electron chi connectivity index (χ4n) is 11.1. The van der Waals surface area contributed by atoms with Crippen LogP contribution in [0.25, 0.3) is 10.9 Å². The minimum atomic E-state index is -0.890. The molecule has 68 heavy (non-hydrogen) atoms. The number of anilines is 2. The number of hydrogen-bond donors (Lipinski definition) is 2. The first kappa shape index (κ1) is 47.0. The van der Waals surface area contributed by atoms with Gasteiger partial charge in [0.25, 0.3) is 17.4 Å². The molecular weight excluding hydrogens is 888 g/mol. The van der Waals surface area contributed by atoms with E-state index in [9.17, 15) is 29.2 Å². The van der Waals surface area contributed by atoms with Crippen molar-refractivity contribution < 1.29 is 28.7 Å². The monoisotopic (exact) mass is 946 g/mol. The van der Waals surface area contributed by atoms with Gasteiger partial charge in [0, 0.05) is 112 Å². The summed E-state index contributed by atoms with van der Waals surface area (Å²) in [5.74, 6) is -0.412. The van der Waals surface area contributed by atoms with Gasteiger partial charge in [-0.25, -0.2) is 0 Å². The summed E-state index contributed by atoms with van der Waals surface area (Å²) in [4.78, 5) is 73.2. The standard InChI is InChI=1S/C50H59ClN10O7/c1-49(2)47(50(3,4)48(49)68-37-12-8-32(28-52)39(51)27-37)54-43(63)31-6-9-34(10-7-31)58-23-21-57(22-24-58)18-5-25-67-36-16-19-59(20-17-36)45(65)33-29-60(30-33)35-11-13-40-38(26-35)46(66)61(56-55-40)41-14-15-42(62)53-44(41)64/h6-13,26-27,33,36,41,47-48H,5,14-25,29-30H2,1-4H3,(H,54,63)(H,53,62,64). The lowest BCUT2D eigenvalue weighted by molar-refractivity contribution is -0.164. The maximum Gasteiger partial charge on any atom is 0.278 e. The molecule has 0 bridgehead atoms. The lowest BCUT2D eigenvalue weighted by Crippen LogP contribution is -2.74.